The molecule has 2 rings (SSSR count). The van der Waals surface area contributed by atoms with E-state index in [1.165, 1.54) is 23.3 Å². The minimum absolute atomic E-state index is 0.0518. The van der Waals surface area contributed by atoms with Crippen LogP contribution < -0.4 is 22.0 Å². The van der Waals surface area contributed by atoms with Gasteiger partial charge in [-0.3, -0.25) is 0 Å². The molecule has 10 heteroatoms. The summed E-state index contributed by atoms with van der Waals surface area (Å²) in [5.41, 5.74) is 11.6. The minimum atomic E-state index is -4.44. The first-order valence-electron chi connectivity index (χ1n) is 7.50. The summed E-state index contributed by atoms with van der Waals surface area (Å²) in [6.45, 7) is 1.79. The Morgan fingerprint density at radius 1 is 1.35 bits per heavy atom. The number of ether oxygens (including phenoxy) is 1. The fourth-order valence-corrected chi connectivity index (χ4v) is 2.06. The molecule has 0 saturated carbocycles. The third-order valence-corrected chi connectivity index (χ3v) is 3.27. The third kappa shape index (κ3) is 5.52. The zero-order valence-electron chi connectivity index (χ0n) is 14.0. The van der Waals surface area contributed by atoms with Gasteiger partial charge in [-0.25, -0.2) is 15.8 Å². The van der Waals surface area contributed by atoms with Crippen LogP contribution >= 0.6 is 0 Å². The van der Waals surface area contributed by atoms with E-state index in [2.05, 4.69) is 9.97 Å². The first-order chi connectivity index (χ1) is 12.1. The van der Waals surface area contributed by atoms with Gasteiger partial charge < -0.3 is 21.2 Å². The molecule has 7 nitrogen and oxygen atoms in total. The van der Waals surface area contributed by atoms with Crippen LogP contribution in [-0.2, 0) is 12.7 Å². The van der Waals surface area contributed by atoms with E-state index in [4.69, 9.17) is 22.0 Å². The van der Waals surface area contributed by atoms with Crippen molar-refractivity contribution in [1.82, 2.24) is 15.0 Å². The SMILES string of the molecule is Cc1ncc(CN(N)/C=C(\N)COc2cccc(C(F)(F)F)c2)c(N)n1. The molecule has 0 amide bonds. The second kappa shape index (κ2) is 7.91. The maximum atomic E-state index is 12.7. The van der Waals surface area contributed by atoms with E-state index in [1.54, 1.807) is 13.1 Å². The van der Waals surface area contributed by atoms with Gasteiger partial charge in [-0.1, -0.05) is 6.07 Å². The number of anilines is 1. The van der Waals surface area contributed by atoms with Crippen molar-refractivity contribution in [3.05, 3.63) is 59.3 Å². The number of hydrogen-bond donors (Lipinski definition) is 3. The van der Waals surface area contributed by atoms with E-state index < -0.39 is 11.7 Å². The van der Waals surface area contributed by atoms with Crippen LogP contribution in [0.15, 0.2) is 42.4 Å². The Morgan fingerprint density at radius 3 is 2.73 bits per heavy atom. The summed E-state index contributed by atoms with van der Waals surface area (Å²) in [6, 6.07) is 4.53. The summed E-state index contributed by atoms with van der Waals surface area (Å²) in [7, 11) is 0. The van der Waals surface area contributed by atoms with Crippen LogP contribution in [0.2, 0.25) is 0 Å². The molecule has 0 atom stereocenters. The fraction of sp³-hybridized carbons (Fsp3) is 0.250. The van der Waals surface area contributed by atoms with Gasteiger partial charge in [0.15, 0.2) is 0 Å². The van der Waals surface area contributed by atoms with Crippen LogP contribution in [-0.4, -0.2) is 21.6 Å². The average Bonchev–Trinajstić information content (AvgIpc) is 2.55. The van der Waals surface area contributed by atoms with Crippen molar-refractivity contribution in [3.63, 3.8) is 0 Å². The number of alkyl halides is 3. The highest BCUT2D eigenvalue weighted by Gasteiger charge is 2.30. The number of nitrogens with two attached hydrogens (primary N) is 3. The largest absolute Gasteiger partial charge is 0.487 e. The lowest BCUT2D eigenvalue weighted by atomic mass is 10.2. The van der Waals surface area contributed by atoms with Gasteiger partial charge >= 0.3 is 6.18 Å². The van der Waals surface area contributed by atoms with E-state index in [0.717, 1.165) is 12.1 Å². The molecule has 0 fully saturated rings. The van der Waals surface area contributed by atoms with Crippen molar-refractivity contribution in [2.24, 2.45) is 11.6 Å². The van der Waals surface area contributed by atoms with Crippen LogP contribution in [0.4, 0.5) is 19.0 Å². The molecule has 0 unspecified atom stereocenters. The van der Waals surface area contributed by atoms with Crippen molar-refractivity contribution in [2.45, 2.75) is 19.6 Å². The molecular formula is C16H19F3N6O. The van der Waals surface area contributed by atoms with Crippen LogP contribution in [0, 0.1) is 6.92 Å². The molecule has 140 valence electrons. The highest BCUT2D eigenvalue weighted by atomic mass is 19.4. The molecule has 0 bridgehead atoms. The molecule has 1 aromatic heterocycles. The lowest BCUT2D eigenvalue weighted by molar-refractivity contribution is -0.137. The molecule has 0 aliphatic carbocycles. The van der Waals surface area contributed by atoms with Crippen LogP contribution in [0.25, 0.3) is 0 Å². The number of nitrogen functional groups attached to an aromatic ring is 1. The summed E-state index contributed by atoms with van der Waals surface area (Å²) < 4.78 is 43.3. The maximum absolute atomic E-state index is 12.7. The third-order valence-electron chi connectivity index (χ3n) is 3.27. The quantitative estimate of drug-likeness (QED) is 0.527. The maximum Gasteiger partial charge on any atom is 0.416 e. The number of halogens is 3. The van der Waals surface area contributed by atoms with E-state index in [-0.39, 0.29) is 24.6 Å². The normalized spacial score (nSPS) is 12.1. The van der Waals surface area contributed by atoms with E-state index in [1.807, 2.05) is 0 Å². The molecule has 0 radical (unpaired) electrons. The Kier molecular flexibility index (Phi) is 5.88. The van der Waals surface area contributed by atoms with Gasteiger partial charge in [-0.05, 0) is 25.1 Å². The predicted molar refractivity (Wildman–Crippen MR) is 90.1 cm³/mol. The van der Waals surface area contributed by atoms with Gasteiger partial charge in [-0.15, -0.1) is 0 Å². The monoisotopic (exact) mass is 368 g/mol. The van der Waals surface area contributed by atoms with Crippen molar-refractivity contribution in [2.75, 3.05) is 12.3 Å². The molecule has 0 aliphatic heterocycles. The topological polar surface area (TPSA) is 116 Å². The second-order valence-electron chi connectivity index (χ2n) is 5.52. The first kappa shape index (κ1) is 19.3. The Morgan fingerprint density at radius 2 is 2.08 bits per heavy atom. The van der Waals surface area contributed by atoms with E-state index in [9.17, 15) is 13.2 Å². The zero-order valence-corrected chi connectivity index (χ0v) is 14.0. The molecule has 0 saturated heterocycles. The van der Waals surface area contributed by atoms with Crippen molar-refractivity contribution >= 4 is 5.82 Å². The standard InChI is InChI=1S/C16H19F3N6O/c1-10-23-6-11(15(21)24-10)7-25(22)8-13(20)9-26-14-4-2-3-12(5-14)16(17,18)19/h2-6,8H,7,9,20,22H2,1H3,(H2,21,23,24)/b13-8-. The van der Waals surface area contributed by atoms with Crippen LogP contribution in [0.5, 0.6) is 5.75 Å². The Bertz CT molecular complexity index is 794. The summed E-state index contributed by atoms with van der Waals surface area (Å²) >= 11 is 0. The molecule has 0 spiro atoms. The van der Waals surface area contributed by atoms with E-state index in [0.29, 0.717) is 17.2 Å². The second-order valence-corrected chi connectivity index (χ2v) is 5.52. The summed E-state index contributed by atoms with van der Waals surface area (Å²) in [5.74, 6) is 6.72. The Balaban J connectivity index is 1.95. The average molecular weight is 368 g/mol. The first-order valence-corrected chi connectivity index (χ1v) is 7.50. The number of rotatable bonds is 6. The summed E-state index contributed by atoms with van der Waals surface area (Å²) in [4.78, 5) is 8.06. The lowest BCUT2D eigenvalue weighted by Crippen LogP contribution is -2.27. The van der Waals surface area contributed by atoms with Crippen molar-refractivity contribution in [1.29, 1.82) is 0 Å². The van der Waals surface area contributed by atoms with Gasteiger partial charge in [0.2, 0.25) is 0 Å². The van der Waals surface area contributed by atoms with Crippen molar-refractivity contribution in [3.8, 4) is 5.75 Å². The van der Waals surface area contributed by atoms with E-state index >= 15 is 0 Å². The predicted octanol–water partition coefficient (Wildman–Crippen LogP) is 1.94. The Labute approximate surface area is 148 Å². The number of aryl methyl sites for hydroxylation is 1. The minimum Gasteiger partial charge on any atom is -0.487 e. The molecule has 26 heavy (non-hydrogen) atoms. The molecule has 6 N–H and O–H groups in total. The molecule has 2 aromatic rings. The highest BCUT2D eigenvalue weighted by Crippen LogP contribution is 2.31. The highest BCUT2D eigenvalue weighted by molar-refractivity contribution is 5.37. The molecule has 0 aliphatic rings. The molecule has 1 aromatic carbocycles. The van der Waals surface area contributed by atoms with Gasteiger partial charge in [0.05, 0.1) is 17.8 Å². The van der Waals surface area contributed by atoms with Gasteiger partial charge in [0.1, 0.15) is 24.0 Å². The number of hydrogen-bond acceptors (Lipinski definition) is 7. The zero-order chi connectivity index (χ0) is 19.3. The number of nitrogens with zero attached hydrogens (tertiary/aromatic N) is 3. The van der Waals surface area contributed by atoms with Gasteiger partial charge in [0, 0.05) is 18.0 Å². The lowest BCUT2D eigenvalue weighted by Gasteiger charge is -2.16. The Hall–Kier alpha value is -3.01. The smallest absolute Gasteiger partial charge is 0.416 e. The van der Waals surface area contributed by atoms with Gasteiger partial charge in [0.25, 0.3) is 0 Å². The molecule has 1 heterocycles. The van der Waals surface area contributed by atoms with Crippen molar-refractivity contribution < 1.29 is 17.9 Å². The number of aromatic nitrogens is 2. The number of benzene rings is 1. The molecular weight excluding hydrogens is 349 g/mol. The van der Waals surface area contributed by atoms with Crippen LogP contribution in [0.1, 0.15) is 17.0 Å². The fourth-order valence-electron chi connectivity index (χ4n) is 2.06. The summed E-state index contributed by atoms with van der Waals surface area (Å²) in [5, 5.41) is 1.26. The van der Waals surface area contributed by atoms with Crippen LogP contribution in [0.3, 0.4) is 0 Å². The number of hydrazine groups is 1. The summed E-state index contributed by atoms with van der Waals surface area (Å²) in [6.07, 6.45) is -1.49. The van der Waals surface area contributed by atoms with Gasteiger partial charge in [-0.2, -0.15) is 13.2 Å².